The number of unbranched alkanes of at least 4 members (excludes halogenated alkanes) is 6. The lowest BCUT2D eigenvalue weighted by Gasteiger charge is -1.98. The summed E-state index contributed by atoms with van der Waals surface area (Å²) < 4.78 is 5.54. The van der Waals surface area contributed by atoms with E-state index in [0.29, 0.717) is 12.5 Å². The van der Waals surface area contributed by atoms with E-state index in [0.717, 1.165) is 57.8 Å². The van der Waals surface area contributed by atoms with E-state index in [-0.39, 0.29) is 18.3 Å². The van der Waals surface area contributed by atoms with Crippen molar-refractivity contribution < 1.29 is 19.4 Å². The molecule has 0 spiro atoms. The maximum Gasteiger partial charge on any atom is 0.303 e. The van der Waals surface area contributed by atoms with E-state index in [1.54, 1.807) is 6.08 Å². The first-order valence-corrected chi connectivity index (χ1v) is 8.71. The second-order valence-corrected chi connectivity index (χ2v) is 6.12. The summed E-state index contributed by atoms with van der Waals surface area (Å²) in [6.45, 7) is 2.13. The van der Waals surface area contributed by atoms with Crippen LogP contribution in [-0.4, -0.2) is 29.1 Å². The van der Waals surface area contributed by atoms with Crippen LogP contribution in [0.25, 0.3) is 0 Å². The maximum atomic E-state index is 11.6. The number of carbonyl (C=O) groups excluding carboxylic acids is 1. The Morgan fingerprint density at radius 3 is 2.41 bits per heavy atom. The van der Waals surface area contributed by atoms with E-state index in [1.807, 2.05) is 6.08 Å². The first-order chi connectivity index (χ1) is 10.6. The first-order valence-electron chi connectivity index (χ1n) is 8.71. The van der Waals surface area contributed by atoms with Crippen molar-refractivity contribution in [1.82, 2.24) is 0 Å². The molecule has 0 saturated carbocycles. The van der Waals surface area contributed by atoms with Crippen LogP contribution in [0, 0.1) is 0 Å². The fraction of sp³-hybridized carbons (Fsp3) is 0.778. The standard InChI is InChI=1S/C18H30O4/c1-2-3-7-10-15(19)13-14-17-16(22-17)11-8-5-4-6-9-12-18(20)21/h13-14,16-17H,2-12H2,1H3,(H,20,21)/b14-13+/t16-,17-/m1/s1. The van der Waals surface area contributed by atoms with Crippen molar-refractivity contribution in [3.8, 4) is 0 Å². The number of ether oxygens (including phenoxy) is 1. The summed E-state index contributed by atoms with van der Waals surface area (Å²) in [4.78, 5) is 21.9. The summed E-state index contributed by atoms with van der Waals surface area (Å²) in [6, 6.07) is 0. The van der Waals surface area contributed by atoms with Gasteiger partial charge in [-0.2, -0.15) is 0 Å². The monoisotopic (exact) mass is 310 g/mol. The highest BCUT2D eigenvalue weighted by Gasteiger charge is 2.35. The summed E-state index contributed by atoms with van der Waals surface area (Å²) in [5, 5.41) is 8.53. The molecule has 4 nitrogen and oxygen atoms in total. The topological polar surface area (TPSA) is 66.9 Å². The van der Waals surface area contributed by atoms with Crippen molar-refractivity contribution in [3.05, 3.63) is 12.2 Å². The number of hydrogen-bond donors (Lipinski definition) is 1. The number of aliphatic carboxylic acids is 1. The van der Waals surface area contributed by atoms with Crippen LogP contribution in [-0.2, 0) is 14.3 Å². The van der Waals surface area contributed by atoms with Crippen molar-refractivity contribution >= 4 is 11.8 Å². The molecule has 1 aliphatic rings. The maximum absolute atomic E-state index is 11.6. The molecule has 0 bridgehead atoms. The molecule has 22 heavy (non-hydrogen) atoms. The van der Waals surface area contributed by atoms with Crippen molar-refractivity contribution in [2.75, 3.05) is 0 Å². The van der Waals surface area contributed by atoms with Gasteiger partial charge in [0.2, 0.25) is 0 Å². The molecule has 0 aromatic rings. The lowest BCUT2D eigenvalue weighted by molar-refractivity contribution is -0.137. The predicted octanol–water partition coefficient (Wildman–Crippen LogP) is 4.27. The number of allylic oxidation sites excluding steroid dienone is 1. The Hall–Kier alpha value is -1.16. The van der Waals surface area contributed by atoms with Crippen LogP contribution in [0.5, 0.6) is 0 Å². The molecule has 0 aromatic carbocycles. The lowest BCUT2D eigenvalue weighted by atomic mass is 10.1. The van der Waals surface area contributed by atoms with E-state index in [9.17, 15) is 9.59 Å². The Morgan fingerprint density at radius 1 is 1.00 bits per heavy atom. The minimum atomic E-state index is -0.703. The zero-order valence-corrected chi connectivity index (χ0v) is 13.8. The van der Waals surface area contributed by atoms with E-state index in [2.05, 4.69) is 6.92 Å². The summed E-state index contributed by atoms with van der Waals surface area (Å²) in [5.74, 6) is -0.494. The van der Waals surface area contributed by atoms with Gasteiger partial charge < -0.3 is 9.84 Å². The zero-order chi connectivity index (χ0) is 16.2. The van der Waals surface area contributed by atoms with Crippen LogP contribution in [0.4, 0.5) is 0 Å². The second kappa shape index (κ2) is 11.4. The van der Waals surface area contributed by atoms with Gasteiger partial charge in [-0.1, -0.05) is 45.4 Å². The van der Waals surface area contributed by atoms with Gasteiger partial charge in [0.25, 0.3) is 0 Å². The molecule has 0 unspecified atom stereocenters. The predicted molar refractivity (Wildman–Crippen MR) is 86.9 cm³/mol. The quantitative estimate of drug-likeness (QED) is 0.295. The van der Waals surface area contributed by atoms with Gasteiger partial charge in [-0.05, 0) is 31.4 Å². The summed E-state index contributed by atoms with van der Waals surface area (Å²) >= 11 is 0. The van der Waals surface area contributed by atoms with Crippen LogP contribution in [0.3, 0.4) is 0 Å². The van der Waals surface area contributed by atoms with Gasteiger partial charge in [0, 0.05) is 12.8 Å². The Bertz CT molecular complexity index is 362. The fourth-order valence-electron chi connectivity index (χ4n) is 2.54. The number of ketones is 1. The molecule has 0 amide bonds. The third-order valence-electron chi connectivity index (χ3n) is 4.00. The van der Waals surface area contributed by atoms with Gasteiger partial charge in [0.15, 0.2) is 5.78 Å². The molecule has 1 heterocycles. The van der Waals surface area contributed by atoms with Crippen LogP contribution in [0.2, 0.25) is 0 Å². The highest BCUT2D eigenvalue weighted by molar-refractivity contribution is 5.89. The first kappa shape index (κ1) is 18.9. The molecule has 1 rings (SSSR count). The highest BCUT2D eigenvalue weighted by Crippen LogP contribution is 2.28. The number of rotatable bonds is 14. The number of epoxide rings is 1. The molecule has 4 heteroatoms. The Kier molecular flexibility index (Phi) is 9.80. The summed E-state index contributed by atoms with van der Waals surface area (Å²) in [6.07, 6.45) is 14.4. The van der Waals surface area contributed by atoms with Crippen molar-refractivity contribution in [2.45, 2.75) is 89.8 Å². The molecule has 1 N–H and O–H groups in total. The van der Waals surface area contributed by atoms with Gasteiger partial charge in [-0.3, -0.25) is 9.59 Å². The molecular formula is C18H30O4. The third kappa shape index (κ3) is 9.72. The van der Waals surface area contributed by atoms with E-state index in [4.69, 9.17) is 9.84 Å². The largest absolute Gasteiger partial charge is 0.481 e. The highest BCUT2D eigenvalue weighted by atomic mass is 16.6. The minimum absolute atomic E-state index is 0.141. The van der Waals surface area contributed by atoms with Gasteiger partial charge in [-0.15, -0.1) is 0 Å². The van der Waals surface area contributed by atoms with Crippen LogP contribution < -0.4 is 0 Å². The summed E-state index contributed by atoms with van der Waals surface area (Å²) in [5.41, 5.74) is 0. The van der Waals surface area contributed by atoms with E-state index < -0.39 is 5.97 Å². The second-order valence-electron chi connectivity index (χ2n) is 6.12. The van der Waals surface area contributed by atoms with Crippen molar-refractivity contribution in [2.24, 2.45) is 0 Å². The molecule has 126 valence electrons. The van der Waals surface area contributed by atoms with Crippen molar-refractivity contribution in [1.29, 1.82) is 0 Å². The van der Waals surface area contributed by atoms with Crippen LogP contribution in [0.1, 0.15) is 77.6 Å². The zero-order valence-electron chi connectivity index (χ0n) is 13.8. The van der Waals surface area contributed by atoms with Gasteiger partial charge in [-0.25, -0.2) is 0 Å². The SMILES string of the molecule is CCCCCC(=O)/C=C/[C@H]1O[C@@H]1CCCCCCCC(=O)O. The Morgan fingerprint density at radius 2 is 1.68 bits per heavy atom. The minimum Gasteiger partial charge on any atom is -0.481 e. The fourth-order valence-corrected chi connectivity index (χ4v) is 2.54. The molecular weight excluding hydrogens is 280 g/mol. The Balaban J connectivity index is 1.93. The van der Waals surface area contributed by atoms with Gasteiger partial charge in [0.05, 0.1) is 6.10 Å². The molecule has 1 saturated heterocycles. The molecule has 0 aliphatic carbocycles. The van der Waals surface area contributed by atoms with E-state index >= 15 is 0 Å². The smallest absolute Gasteiger partial charge is 0.303 e. The van der Waals surface area contributed by atoms with Crippen LogP contribution in [0.15, 0.2) is 12.2 Å². The average Bonchev–Trinajstić information content (AvgIpc) is 3.22. The Labute approximate surface area is 133 Å². The normalized spacial score (nSPS) is 20.4. The average molecular weight is 310 g/mol. The molecule has 1 fully saturated rings. The number of hydrogen-bond acceptors (Lipinski definition) is 3. The van der Waals surface area contributed by atoms with Crippen molar-refractivity contribution in [3.63, 3.8) is 0 Å². The summed E-state index contributed by atoms with van der Waals surface area (Å²) in [7, 11) is 0. The lowest BCUT2D eigenvalue weighted by Crippen LogP contribution is -1.96. The molecule has 2 atom stereocenters. The van der Waals surface area contributed by atoms with Gasteiger partial charge >= 0.3 is 5.97 Å². The van der Waals surface area contributed by atoms with E-state index in [1.165, 1.54) is 0 Å². The molecule has 0 aromatic heterocycles. The number of carboxylic acid groups (broad SMARTS) is 1. The third-order valence-corrected chi connectivity index (χ3v) is 4.00. The molecule has 0 radical (unpaired) electrons. The van der Waals surface area contributed by atoms with Gasteiger partial charge in [0.1, 0.15) is 6.10 Å². The van der Waals surface area contributed by atoms with Crippen LogP contribution >= 0.6 is 0 Å². The number of carboxylic acids is 1. The molecule has 1 aliphatic heterocycles. The number of carbonyl (C=O) groups is 2.